The fourth-order valence-corrected chi connectivity index (χ4v) is 2.92. The number of nitrogens with one attached hydrogen (secondary N) is 1. The number of hydrogen-bond acceptors (Lipinski definition) is 4. The average Bonchev–Trinajstić information content (AvgIpc) is 2.85. The number of nitrogens with zero attached hydrogens (tertiary/aromatic N) is 1. The molecule has 0 aliphatic rings. The Morgan fingerprint density at radius 1 is 1.40 bits per heavy atom. The Hall–Kier alpha value is -1.46. The van der Waals surface area contributed by atoms with Crippen LogP contribution in [0.25, 0.3) is 10.2 Å². The maximum Gasteiger partial charge on any atom is 0.220 e. The number of aromatic nitrogens is 1. The van der Waals surface area contributed by atoms with Gasteiger partial charge in [0.2, 0.25) is 5.91 Å². The van der Waals surface area contributed by atoms with Crippen molar-refractivity contribution in [3.05, 3.63) is 29.3 Å². The van der Waals surface area contributed by atoms with Crippen LogP contribution in [0.1, 0.15) is 25.3 Å². The van der Waals surface area contributed by atoms with Crippen LogP contribution in [-0.2, 0) is 11.2 Å². The molecule has 0 aliphatic heterocycles. The molecule has 4 nitrogen and oxygen atoms in total. The highest BCUT2D eigenvalue weighted by atomic mass is 32.1. The molecule has 5 heteroatoms. The quantitative estimate of drug-likeness (QED) is 0.859. The highest BCUT2D eigenvalue weighted by Crippen LogP contribution is 2.22. The lowest BCUT2D eigenvalue weighted by atomic mass is 10.1. The van der Waals surface area contributed by atoms with Gasteiger partial charge in [-0.15, -0.1) is 11.3 Å². The summed E-state index contributed by atoms with van der Waals surface area (Å²) in [4.78, 5) is 16.4. The SMILES string of the molecule is CC(C)[C@@H](CO)NC(=O)CCc1nc2ccccc2s1. The Bertz CT molecular complexity index is 547. The summed E-state index contributed by atoms with van der Waals surface area (Å²) in [6, 6.07) is 7.81. The topological polar surface area (TPSA) is 62.2 Å². The maximum absolute atomic E-state index is 11.9. The molecule has 0 fully saturated rings. The minimum atomic E-state index is -0.169. The van der Waals surface area contributed by atoms with Crippen molar-refractivity contribution in [3.8, 4) is 0 Å². The first-order valence-corrected chi connectivity index (χ1v) is 7.66. The van der Waals surface area contributed by atoms with E-state index in [0.29, 0.717) is 12.8 Å². The Morgan fingerprint density at radius 3 is 2.80 bits per heavy atom. The van der Waals surface area contributed by atoms with Crippen molar-refractivity contribution in [2.24, 2.45) is 5.92 Å². The first-order valence-electron chi connectivity index (χ1n) is 6.85. The Labute approximate surface area is 122 Å². The van der Waals surface area contributed by atoms with Crippen LogP contribution in [0.3, 0.4) is 0 Å². The van der Waals surface area contributed by atoms with Gasteiger partial charge in [-0.25, -0.2) is 4.98 Å². The van der Waals surface area contributed by atoms with E-state index in [2.05, 4.69) is 10.3 Å². The number of carbonyl (C=O) groups is 1. The minimum Gasteiger partial charge on any atom is -0.394 e. The van der Waals surface area contributed by atoms with Gasteiger partial charge < -0.3 is 10.4 Å². The van der Waals surface area contributed by atoms with Crippen LogP contribution in [0.5, 0.6) is 0 Å². The summed E-state index contributed by atoms with van der Waals surface area (Å²) in [7, 11) is 0. The molecule has 0 spiro atoms. The maximum atomic E-state index is 11.9. The average molecular weight is 292 g/mol. The van der Waals surface area contributed by atoms with Crippen molar-refractivity contribution in [2.75, 3.05) is 6.61 Å². The largest absolute Gasteiger partial charge is 0.394 e. The molecule has 2 rings (SSSR count). The first kappa shape index (κ1) is 14.9. The van der Waals surface area contributed by atoms with Gasteiger partial charge in [0.1, 0.15) is 0 Å². The number of aliphatic hydroxyl groups excluding tert-OH is 1. The summed E-state index contributed by atoms with van der Waals surface area (Å²) in [5, 5.41) is 13.0. The smallest absolute Gasteiger partial charge is 0.220 e. The number of amides is 1. The third-order valence-corrected chi connectivity index (χ3v) is 4.35. The molecular weight excluding hydrogens is 272 g/mol. The monoisotopic (exact) mass is 292 g/mol. The zero-order chi connectivity index (χ0) is 14.5. The molecule has 2 aromatic rings. The summed E-state index contributed by atoms with van der Waals surface area (Å²) in [6.45, 7) is 3.94. The Morgan fingerprint density at radius 2 is 2.15 bits per heavy atom. The molecular formula is C15H20N2O2S. The molecule has 0 bridgehead atoms. The van der Waals surface area contributed by atoms with Gasteiger partial charge >= 0.3 is 0 Å². The molecule has 0 unspecified atom stereocenters. The van der Waals surface area contributed by atoms with Crippen LogP contribution in [0, 0.1) is 5.92 Å². The fourth-order valence-electron chi connectivity index (χ4n) is 1.95. The van der Waals surface area contributed by atoms with Gasteiger partial charge in [0.05, 0.1) is 27.9 Å². The van der Waals surface area contributed by atoms with Crippen LogP contribution in [-0.4, -0.2) is 28.6 Å². The second kappa shape index (κ2) is 6.81. The number of aryl methyl sites for hydroxylation is 1. The second-order valence-corrected chi connectivity index (χ2v) is 6.29. The second-order valence-electron chi connectivity index (χ2n) is 5.18. The van der Waals surface area contributed by atoms with Crippen LogP contribution < -0.4 is 5.32 Å². The third kappa shape index (κ3) is 3.77. The molecule has 1 aromatic carbocycles. The third-order valence-electron chi connectivity index (χ3n) is 3.25. The lowest BCUT2D eigenvalue weighted by molar-refractivity contribution is -0.122. The van der Waals surface area contributed by atoms with E-state index in [-0.39, 0.29) is 24.5 Å². The van der Waals surface area contributed by atoms with Crippen molar-refractivity contribution in [3.63, 3.8) is 0 Å². The summed E-state index contributed by atoms with van der Waals surface area (Å²) < 4.78 is 1.15. The number of aliphatic hydroxyl groups is 1. The predicted molar refractivity (Wildman–Crippen MR) is 81.8 cm³/mol. The Balaban J connectivity index is 1.89. The summed E-state index contributed by atoms with van der Waals surface area (Å²) >= 11 is 1.63. The predicted octanol–water partition coefficient (Wildman–Crippen LogP) is 2.36. The first-order chi connectivity index (χ1) is 9.60. The lowest BCUT2D eigenvalue weighted by Gasteiger charge is -2.19. The van der Waals surface area contributed by atoms with Crippen LogP contribution in [0.4, 0.5) is 0 Å². The normalized spacial score (nSPS) is 12.8. The van der Waals surface area contributed by atoms with Crippen LogP contribution >= 0.6 is 11.3 Å². The number of benzene rings is 1. The molecule has 1 atom stereocenters. The highest BCUT2D eigenvalue weighted by Gasteiger charge is 2.15. The van der Waals surface area contributed by atoms with Crippen molar-refractivity contribution in [2.45, 2.75) is 32.7 Å². The van der Waals surface area contributed by atoms with Gasteiger partial charge in [0.25, 0.3) is 0 Å². The fraction of sp³-hybridized carbons (Fsp3) is 0.467. The molecule has 2 N–H and O–H groups in total. The van der Waals surface area contributed by atoms with Crippen molar-refractivity contribution in [1.29, 1.82) is 0 Å². The van der Waals surface area contributed by atoms with E-state index in [4.69, 9.17) is 0 Å². The summed E-state index contributed by atoms with van der Waals surface area (Å²) in [5.74, 6) is 0.198. The molecule has 1 heterocycles. The number of thiazole rings is 1. The molecule has 1 amide bonds. The minimum absolute atomic E-state index is 0.0233. The number of hydrogen-bond donors (Lipinski definition) is 2. The molecule has 20 heavy (non-hydrogen) atoms. The Kier molecular flexibility index (Phi) is 5.09. The molecule has 0 saturated heterocycles. The van der Waals surface area contributed by atoms with Crippen LogP contribution in [0.2, 0.25) is 0 Å². The van der Waals surface area contributed by atoms with E-state index in [1.165, 1.54) is 0 Å². The van der Waals surface area contributed by atoms with Gasteiger partial charge in [-0.1, -0.05) is 26.0 Å². The van der Waals surface area contributed by atoms with E-state index in [1.807, 2.05) is 38.1 Å². The van der Waals surface area contributed by atoms with E-state index >= 15 is 0 Å². The van der Waals surface area contributed by atoms with Gasteiger partial charge in [-0.2, -0.15) is 0 Å². The zero-order valence-electron chi connectivity index (χ0n) is 11.8. The van der Waals surface area contributed by atoms with Gasteiger partial charge in [0, 0.05) is 12.8 Å². The van der Waals surface area contributed by atoms with Gasteiger partial charge in [-0.05, 0) is 18.1 Å². The number of rotatable bonds is 6. The number of carbonyl (C=O) groups excluding carboxylic acids is 1. The molecule has 1 aromatic heterocycles. The van der Waals surface area contributed by atoms with E-state index < -0.39 is 0 Å². The molecule has 0 aliphatic carbocycles. The number of fused-ring (bicyclic) bond motifs is 1. The number of para-hydroxylation sites is 1. The van der Waals surface area contributed by atoms with Gasteiger partial charge in [-0.3, -0.25) is 4.79 Å². The summed E-state index contributed by atoms with van der Waals surface area (Å²) in [6.07, 6.45) is 1.05. The van der Waals surface area contributed by atoms with Gasteiger partial charge in [0.15, 0.2) is 0 Å². The standard InChI is InChI=1S/C15H20N2O2S/c1-10(2)12(9-18)16-14(19)7-8-15-17-11-5-3-4-6-13(11)20-15/h3-6,10,12,18H,7-9H2,1-2H3,(H,16,19)/t12-/m1/s1. The van der Waals surface area contributed by atoms with Crippen molar-refractivity contribution in [1.82, 2.24) is 10.3 Å². The van der Waals surface area contributed by atoms with E-state index in [9.17, 15) is 9.90 Å². The van der Waals surface area contributed by atoms with Crippen molar-refractivity contribution >= 4 is 27.5 Å². The lowest BCUT2D eigenvalue weighted by Crippen LogP contribution is -2.41. The van der Waals surface area contributed by atoms with E-state index in [0.717, 1.165) is 15.2 Å². The molecule has 0 radical (unpaired) electrons. The van der Waals surface area contributed by atoms with Crippen molar-refractivity contribution < 1.29 is 9.90 Å². The van der Waals surface area contributed by atoms with Crippen LogP contribution in [0.15, 0.2) is 24.3 Å². The highest BCUT2D eigenvalue weighted by molar-refractivity contribution is 7.18. The molecule has 0 saturated carbocycles. The summed E-state index contributed by atoms with van der Waals surface area (Å²) in [5.41, 5.74) is 0.989. The van der Waals surface area contributed by atoms with E-state index in [1.54, 1.807) is 11.3 Å². The molecule has 108 valence electrons. The zero-order valence-corrected chi connectivity index (χ0v) is 12.6.